The number of aliphatic imine (C=N–C) groups is 1. The van der Waals surface area contributed by atoms with E-state index in [-0.39, 0.29) is 30.2 Å². The fourth-order valence-corrected chi connectivity index (χ4v) is 5.44. The number of aliphatic hydroxyl groups excluding tert-OH is 1. The van der Waals surface area contributed by atoms with E-state index in [1.165, 1.54) is 0 Å². The van der Waals surface area contributed by atoms with Crippen LogP contribution < -0.4 is 5.56 Å². The fourth-order valence-electron chi connectivity index (χ4n) is 5.44. The molecule has 2 unspecified atom stereocenters. The summed E-state index contributed by atoms with van der Waals surface area (Å²) < 4.78 is 12.8. The Morgan fingerprint density at radius 2 is 1.87 bits per heavy atom. The number of methoxy groups -OCH3 is 2. The molecule has 0 saturated heterocycles. The van der Waals surface area contributed by atoms with Crippen LogP contribution in [0.2, 0.25) is 0 Å². The minimum absolute atomic E-state index is 0.0215. The zero-order valence-electron chi connectivity index (χ0n) is 21.7. The van der Waals surface area contributed by atoms with Crippen LogP contribution in [0.3, 0.4) is 0 Å². The van der Waals surface area contributed by atoms with Gasteiger partial charge < -0.3 is 14.6 Å². The largest absolute Gasteiger partial charge is 0.498 e. The molecule has 0 bridgehead atoms. The number of nitrogens with zero attached hydrogens (tertiary/aromatic N) is 4. The Labute approximate surface area is 225 Å². The first-order valence-electron chi connectivity index (χ1n) is 12.8. The highest BCUT2D eigenvalue weighted by Crippen LogP contribution is 2.36. The highest BCUT2D eigenvalue weighted by Gasteiger charge is 2.33. The van der Waals surface area contributed by atoms with Crippen molar-refractivity contribution < 1.29 is 14.6 Å². The molecule has 1 aromatic carbocycles. The number of aromatic nitrogens is 3. The highest BCUT2D eigenvalue weighted by atomic mass is 16.5. The lowest BCUT2D eigenvalue weighted by Crippen LogP contribution is -2.32. The molecule has 1 aliphatic heterocycles. The lowest BCUT2D eigenvalue weighted by Gasteiger charge is -2.33. The number of benzene rings is 1. The second kappa shape index (κ2) is 10.4. The number of fused-ring (bicyclic) bond motifs is 2. The van der Waals surface area contributed by atoms with Gasteiger partial charge in [-0.1, -0.05) is 24.3 Å². The van der Waals surface area contributed by atoms with E-state index >= 15 is 0 Å². The van der Waals surface area contributed by atoms with Crippen LogP contribution in [0, 0.1) is 5.92 Å². The maximum absolute atomic E-state index is 13.7. The maximum atomic E-state index is 13.7. The Bertz CT molecular complexity index is 1690. The van der Waals surface area contributed by atoms with E-state index in [1.54, 1.807) is 37.4 Å². The van der Waals surface area contributed by atoms with Gasteiger partial charge in [-0.3, -0.25) is 19.3 Å². The predicted octanol–water partition coefficient (Wildman–Crippen LogP) is 4.10. The average Bonchev–Trinajstić information content (AvgIpc) is 3.00. The normalized spacial score (nSPS) is 20.6. The van der Waals surface area contributed by atoms with Crippen molar-refractivity contribution in [3.05, 3.63) is 113 Å². The molecule has 0 fully saturated rings. The molecule has 8 heteroatoms. The van der Waals surface area contributed by atoms with E-state index in [0.29, 0.717) is 17.6 Å². The second-order valence-electron chi connectivity index (χ2n) is 9.62. The minimum Gasteiger partial charge on any atom is -0.498 e. The first-order chi connectivity index (χ1) is 19.1. The van der Waals surface area contributed by atoms with Crippen LogP contribution in [0.4, 0.5) is 0 Å². The topological polar surface area (TPSA) is 98.8 Å². The van der Waals surface area contributed by atoms with Gasteiger partial charge in [0.1, 0.15) is 17.7 Å². The van der Waals surface area contributed by atoms with Gasteiger partial charge in [0.15, 0.2) is 0 Å². The van der Waals surface area contributed by atoms with Crippen molar-refractivity contribution in [2.45, 2.75) is 18.6 Å². The number of aliphatic hydroxyl groups is 1. The van der Waals surface area contributed by atoms with Crippen LogP contribution in [0.25, 0.3) is 27.7 Å². The van der Waals surface area contributed by atoms with Crippen LogP contribution in [0.15, 0.2) is 107 Å². The first-order valence-corrected chi connectivity index (χ1v) is 12.8. The third-order valence-corrected chi connectivity index (χ3v) is 7.35. The van der Waals surface area contributed by atoms with Gasteiger partial charge in [0.2, 0.25) is 0 Å². The quantitative estimate of drug-likeness (QED) is 0.411. The van der Waals surface area contributed by atoms with Crippen molar-refractivity contribution in [2.75, 3.05) is 20.8 Å². The maximum Gasteiger partial charge on any atom is 0.264 e. The van der Waals surface area contributed by atoms with Gasteiger partial charge in [-0.2, -0.15) is 0 Å². The Morgan fingerprint density at radius 1 is 1.03 bits per heavy atom. The van der Waals surface area contributed by atoms with Gasteiger partial charge in [0.25, 0.3) is 5.56 Å². The average molecular weight is 521 g/mol. The Hall–Kier alpha value is -4.40. The number of hydrogen-bond donors (Lipinski definition) is 1. The number of allylic oxidation sites excluding steroid dienone is 2. The second-order valence-corrected chi connectivity index (χ2v) is 9.62. The molecule has 0 amide bonds. The van der Waals surface area contributed by atoms with Crippen LogP contribution >= 0.6 is 0 Å². The molecule has 39 heavy (non-hydrogen) atoms. The van der Waals surface area contributed by atoms with E-state index in [4.69, 9.17) is 14.5 Å². The number of hydrogen-bond acceptors (Lipinski definition) is 7. The van der Waals surface area contributed by atoms with Gasteiger partial charge in [-0.25, -0.2) is 4.98 Å². The van der Waals surface area contributed by atoms with E-state index in [1.807, 2.05) is 60.8 Å². The first kappa shape index (κ1) is 24.9. The smallest absolute Gasteiger partial charge is 0.264 e. The molecule has 0 spiro atoms. The predicted molar refractivity (Wildman–Crippen MR) is 150 cm³/mol. The third-order valence-electron chi connectivity index (χ3n) is 7.35. The van der Waals surface area contributed by atoms with Crippen LogP contribution in [0.1, 0.15) is 12.0 Å². The van der Waals surface area contributed by atoms with E-state index in [0.717, 1.165) is 39.1 Å². The van der Waals surface area contributed by atoms with Gasteiger partial charge in [-0.15, -0.1) is 0 Å². The summed E-state index contributed by atoms with van der Waals surface area (Å²) in [6, 6.07) is 14.9. The van der Waals surface area contributed by atoms with Gasteiger partial charge in [0, 0.05) is 59.9 Å². The molecule has 1 aliphatic carbocycles. The van der Waals surface area contributed by atoms with Crippen molar-refractivity contribution in [3.63, 3.8) is 0 Å². The van der Waals surface area contributed by atoms with Crippen molar-refractivity contribution >= 4 is 16.5 Å². The molecule has 4 aromatic rings. The van der Waals surface area contributed by atoms with Crippen molar-refractivity contribution in [2.24, 2.45) is 10.9 Å². The molecule has 1 N–H and O–H groups in total. The summed E-state index contributed by atoms with van der Waals surface area (Å²) in [6.45, 7) is -0.0618. The standard InChI is InChI=1S/C31H28N4O4/c1-38-27-13-21-12-22(18-36)34-30(25(21)15-28(27)39-2)19-9-11-33-29(14-19)35-17-26(20-6-5-10-32-16-20)23-7-3-4-8-24(23)31(35)37/h3-11,13-17,21-22,28,36H,12,18H2,1-2H3/t21?,22-,28?/m0/s1. The summed E-state index contributed by atoms with van der Waals surface area (Å²) in [5.74, 6) is 1.24. The molecule has 6 rings (SSSR count). The summed E-state index contributed by atoms with van der Waals surface area (Å²) in [4.78, 5) is 27.4. The monoisotopic (exact) mass is 520 g/mol. The molecule has 196 valence electrons. The molecule has 8 nitrogen and oxygen atoms in total. The molecule has 3 aromatic heterocycles. The molecule has 0 saturated carbocycles. The van der Waals surface area contributed by atoms with Gasteiger partial charge >= 0.3 is 0 Å². The van der Waals surface area contributed by atoms with Crippen molar-refractivity contribution in [1.82, 2.24) is 14.5 Å². The summed E-state index contributed by atoms with van der Waals surface area (Å²) >= 11 is 0. The van der Waals surface area contributed by atoms with Crippen LogP contribution in [0.5, 0.6) is 0 Å². The summed E-state index contributed by atoms with van der Waals surface area (Å²) in [5.41, 5.74) is 4.19. The van der Waals surface area contributed by atoms with Crippen molar-refractivity contribution in [1.29, 1.82) is 0 Å². The van der Waals surface area contributed by atoms with E-state index in [2.05, 4.69) is 16.0 Å². The molecule has 3 atom stereocenters. The zero-order valence-corrected chi connectivity index (χ0v) is 21.7. The summed E-state index contributed by atoms with van der Waals surface area (Å²) in [7, 11) is 3.27. The number of pyridine rings is 3. The molecular weight excluding hydrogens is 492 g/mol. The van der Waals surface area contributed by atoms with Crippen molar-refractivity contribution in [3.8, 4) is 16.9 Å². The SMILES string of the molecule is COC1=CC2C[C@@H](CO)N=C(c3ccnc(-n4cc(-c5cccnc5)c5ccccc5c4=O)c3)C2=CC1OC. The molecule has 2 aliphatic rings. The summed E-state index contributed by atoms with van der Waals surface area (Å²) in [5, 5.41) is 11.5. The zero-order chi connectivity index (χ0) is 26.9. The number of rotatable bonds is 6. The van der Waals surface area contributed by atoms with Crippen LogP contribution in [-0.4, -0.2) is 58.3 Å². The van der Waals surface area contributed by atoms with Crippen LogP contribution in [-0.2, 0) is 9.47 Å². The number of ether oxygens (including phenoxy) is 2. The van der Waals surface area contributed by atoms with E-state index in [9.17, 15) is 9.90 Å². The minimum atomic E-state index is -0.330. The lowest BCUT2D eigenvalue weighted by atomic mass is 9.79. The third kappa shape index (κ3) is 4.47. The highest BCUT2D eigenvalue weighted by molar-refractivity contribution is 6.14. The van der Waals surface area contributed by atoms with E-state index < -0.39 is 0 Å². The lowest BCUT2D eigenvalue weighted by molar-refractivity contribution is 0.105. The Balaban J connectivity index is 1.50. The Kier molecular flexibility index (Phi) is 6.64. The molecule has 4 heterocycles. The van der Waals surface area contributed by atoms with Gasteiger partial charge in [-0.05, 0) is 53.8 Å². The molecular formula is C31H28N4O4. The van der Waals surface area contributed by atoms with Gasteiger partial charge in [0.05, 0.1) is 25.5 Å². The fraction of sp³-hybridized carbons (Fsp3) is 0.226. The summed E-state index contributed by atoms with van der Waals surface area (Å²) in [6.07, 6.45) is 11.4. The Morgan fingerprint density at radius 3 is 2.62 bits per heavy atom. The molecule has 0 radical (unpaired) electrons.